The van der Waals surface area contributed by atoms with Crippen LogP contribution in [0.1, 0.15) is 31.1 Å². The van der Waals surface area contributed by atoms with Crippen molar-refractivity contribution in [3.05, 3.63) is 102 Å². The first kappa shape index (κ1) is 30.8. The summed E-state index contributed by atoms with van der Waals surface area (Å²) in [6.45, 7) is 0. The SMILES string of the molecule is CN(C)C(=O)c1ccc(Br)cc1F.O=C(Cl)c1ccc(Br)cc1F.O=C(O)c1ccc(Br)cc1F. The molecule has 35 heavy (non-hydrogen) atoms. The zero-order valence-corrected chi connectivity index (χ0v) is 23.5. The van der Waals surface area contributed by atoms with Crippen LogP contribution in [0.2, 0.25) is 0 Å². The minimum Gasteiger partial charge on any atom is -0.478 e. The fraction of sp³-hybridized carbons (Fsp3) is 0.0870. The van der Waals surface area contributed by atoms with E-state index in [1.54, 1.807) is 26.2 Å². The molecule has 0 saturated carbocycles. The lowest BCUT2D eigenvalue weighted by Crippen LogP contribution is -2.22. The lowest BCUT2D eigenvalue weighted by Gasteiger charge is -2.10. The van der Waals surface area contributed by atoms with E-state index in [1.807, 2.05) is 0 Å². The summed E-state index contributed by atoms with van der Waals surface area (Å²) in [5.74, 6) is -3.43. The molecule has 3 aromatic carbocycles. The van der Waals surface area contributed by atoms with E-state index in [2.05, 4.69) is 47.8 Å². The third kappa shape index (κ3) is 10.1. The van der Waals surface area contributed by atoms with Crippen LogP contribution in [0.25, 0.3) is 0 Å². The summed E-state index contributed by atoms with van der Waals surface area (Å²) < 4.78 is 40.4. The summed E-state index contributed by atoms with van der Waals surface area (Å²) in [6, 6.07) is 12.2. The second-order valence-corrected chi connectivity index (χ2v) is 9.74. The predicted molar refractivity (Wildman–Crippen MR) is 137 cm³/mol. The van der Waals surface area contributed by atoms with Gasteiger partial charge in [-0.05, 0) is 66.2 Å². The maximum Gasteiger partial charge on any atom is 0.338 e. The van der Waals surface area contributed by atoms with Gasteiger partial charge in [0.1, 0.15) is 17.5 Å². The van der Waals surface area contributed by atoms with E-state index in [1.165, 1.54) is 41.3 Å². The molecule has 0 bridgehead atoms. The number of benzene rings is 3. The van der Waals surface area contributed by atoms with E-state index in [0.717, 1.165) is 6.07 Å². The van der Waals surface area contributed by atoms with Crippen molar-refractivity contribution in [2.45, 2.75) is 0 Å². The Bertz CT molecular complexity index is 1180. The number of aromatic carboxylic acids is 1. The Balaban J connectivity index is 0.000000264. The Morgan fingerprint density at radius 2 is 1.06 bits per heavy atom. The largest absolute Gasteiger partial charge is 0.478 e. The molecule has 1 amide bonds. The summed E-state index contributed by atoms with van der Waals surface area (Å²) >= 11 is 14.2. The third-order valence-corrected chi connectivity index (χ3v) is 5.56. The number of hydrogen-bond donors (Lipinski definition) is 1. The van der Waals surface area contributed by atoms with Crippen molar-refractivity contribution >= 4 is 76.5 Å². The number of carboxylic acid groups (broad SMARTS) is 1. The van der Waals surface area contributed by atoms with E-state index in [9.17, 15) is 27.6 Å². The first-order chi connectivity index (χ1) is 16.2. The van der Waals surface area contributed by atoms with Crippen LogP contribution in [0.4, 0.5) is 13.2 Å². The monoisotopic (exact) mass is 699 g/mol. The van der Waals surface area contributed by atoms with Crippen molar-refractivity contribution in [1.82, 2.24) is 4.90 Å². The molecule has 0 spiro atoms. The maximum absolute atomic E-state index is 13.2. The van der Waals surface area contributed by atoms with Crippen LogP contribution < -0.4 is 0 Å². The number of amides is 1. The highest BCUT2D eigenvalue weighted by molar-refractivity contribution is 9.11. The van der Waals surface area contributed by atoms with Crippen LogP contribution in [-0.4, -0.2) is 41.2 Å². The molecule has 0 atom stereocenters. The van der Waals surface area contributed by atoms with Crippen molar-refractivity contribution in [3.8, 4) is 0 Å². The average Bonchev–Trinajstić information content (AvgIpc) is 2.73. The van der Waals surface area contributed by atoms with Gasteiger partial charge in [-0.1, -0.05) is 47.8 Å². The van der Waals surface area contributed by atoms with Crippen molar-refractivity contribution in [2.75, 3.05) is 14.1 Å². The molecule has 0 radical (unpaired) electrons. The lowest BCUT2D eigenvalue weighted by molar-refractivity contribution is 0.0691. The van der Waals surface area contributed by atoms with Gasteiger partial charge in [-0.15, -0.1) is 0 Å². The molecule has 0 aliphatic carbocycles. The van der Waals surface area contributed by atoms with Crippen molar-refractivity contribution < 1.29 is 32.7 Å². The molecular formula is C23H16Br3ClF3NO4. The topological polar surface area (TPSA) is 74.7 Å². The Kier molecular flexibility index (Phi) is 12.7. The molecule has 0 aliphatic heterocycles. The zero-order chi connectivity index (χ0) is 26.9. The summed E-state index contributed by atoms with van der Waals surface area (Å²) in [5, 5.41) is 7.62. The molecule has 0 aromatic heterocycles. The van der Waals surface area contributed by atoms with Gasteiger partial charge in [0.2, 0.25) is 0 Å². The Hall–Kier alpha value is -2.21. The molecule has 1 N–H and O–H groups in total. The van der Waals surface area contributed by atoms with Crippen LogP contribution >= 0.6 is 59.4 Å². The van der Waals surface area contributed by atoms with Gasteiger partial charge in [-0.3, -0.25) is 9.59 Å². The standard InChI is InChI=1S/C9H9BrFNO.C7H3BrClFO.C7H4BrFO2/c1-12(2)9(13)7-4-3-6(10)5-8(7)11;8-4-1-2-5(7(9)11)6(10)3-4;8-4-1-2-5(7(10)11)6(9)3-4/h3-5H,1-2H3;1-3H;1-3H,(H,10,11). The first-order valence-corrected chi connectivity index (χ1v) is 12.0. The summed E-state index contributed by atoms with van der Waals surface area (Å²) in [4.78, 5) is 33.5. The fourth-order valence-corrected chi connectivity index (χ4v) is 3.37. The molecule has 186 valence electrons. The molecule has 12 heteroatoms. The number of carbonyl (C=O) groups excluding carboxylic acids is 2. The van der Waals surface area contributed by atoms with Gasteiger partial charge in [0.25, 0.3) is 11.1 Å². The van der Waals surface area contributed by atoms with Gasteiger partial charge in [0.15, 0.2) is 0 Å². The Morgan fingerprint density at radius 3 is 1.34 bits per heavy atom. The highest BCUT2D eigenvalue weighted by Gasteiger charge is 2.13. The summed E-state index contributed by atoms with van der Waals surface area (Å²) in [5.41, 5.74) is -0.323. The van der Waals surface area contributed by atoms with Gasteiger partial charge in [-0.2, -0.15) is 0 Å². The zero-order valence-electron chi connectivity index (χ0n) is 18.0. The molecule has 0 aliphatic rings. The molecular weight excluding hydrogens is 686 g/mol. The third-order valence-electron chi connectivity index (χ3n) is 3.87. The number of hydrogen-bond acceptors (Lipinski definition) is 3. The van der Waals surface area contributed by atoms with Gasteiger partial charge >= 0.3 is 5.97 Å². The molecule has 5 nitrogen and oxygen atoms in total. The van der Waals surface area contributed by atoms with Crippen LogP contribution in [0.3, 0.4) is 0 Å². The minimum absolute atomic E-state index is 0.0909. The fourth-order valence-electron chi connectivity index (χ4n) is 2.22. The molecule has 0 heterocycles. The van der Waals surface area contributed by atoms with E-state index in [-0.39, 0.29) is 22.6 Å². The first-order valence-electron chi connectivity index (χ1n) is 9.24. The van der Waals surface area contributed by atoms with E-state index in [0.29, 0.717) is 13.4 Å². The van der Waals surface area contributed by atoms with Crippen LogP contribution in [0, 0.1) is 17.5 Å². The molecule has 0 fully saturated rings. The average molecular weight is 703 g/mol. The molecule has 3 aromatic rings. The van der Waals surface area contributed by atoms with Crippen molar-refractivity contribution in [2.24, 2.45) is 0 Å². The Labute approximate surface area is 229 Å². The maximum atomic E-state index is 13.2. The minimum atomic E-state index is -1.25. The second kappa shape index (κ2) is 14.4. The number of rotatable bonds is 3. The van der Waals surface area contributed by atoms with Gasteiger partial charge in [-0.25, -0.2) is 18.0 Å². The van der Waals surface area contributed by atoms with Crippen LogP contribution in [0.5, 0.6) is 0 Å². The summed E-state index contributed by atoms with van der Waals surface area (Å²) in [6.07, 6.45) is 0. The predicted octanol–water partition coefficient (Wildman–Crippen LogP) is 7.54. The second-order valence-electron chi connectivity index (χ2n) is 6.65. The van der Waals surface area contributed by atoms with Gasteiger partial charge < -0.3 is 10.0 Å². The smallest absolute Gasteiger partial charge is 0.338 e. The van der Waals surface area contributed by atoms with Gasteiger partial charge in [0, 0.05) is 27.5 Å². The van der Waals surface area contributed by atoms with Crippen molar-refractivity contribution in [1.29, 1.82) is 0 Å². The van der Waals surface area contributed by atoms with E-state index >= 15 is 0 Å². The van der Waals surface area contributed by atoms with Crippen LogP contribution in [-0.2, 0) is 0 Å². The van der Waals surface area contributed by atoms with E-state index < -0.39 is 28.7 Å². The van der Waals surface area contributed by atoms with Crippen molar-refractivity contribution in [3.63, 3.8) is 0 Å². The molecule has 0 saturated heterocycles. The quantitative estimate of drug-likeness (QED) is 0.287. The summed E-state index contributed by atoms with van der Waals surface area (Å²) in [7, 11) is 3.17. The number of carboxylic acids is 1. The lowest BCUT2D eigenvalue weighted by atomic mass is 10.2. The van der Waals surface area contributed by atoms with Gasteiger partial charge in [0.05, 0.1) is 16.7 Å². The number of carbonyl (C=O) groups is 3. The molecule has 3 rings (SSSR count). The Morgan fingerprint density at radius 1 is 0.714 bits per heavy atom. The highest BCUT2D eigenvalue weighted by atomic mass is 79.9. The number of nitrogens with zero attached hydrogens (tertiary/aromatic N) is 1. The molecule has 0 unspecified atom stereocenters. The number of halogens is 7. The van der Waals surface area contributed by atoms with E-state index in [4.69, 9.17) is 16.7 Å². The normalized spacial score (nSPS) is 9.74. The van der Waals surface area contributed by atoms with Crippen LogP contribution in [0.15, 0.2) is 68.0 Å². The highest BCUT2D eigenvalue weighted by Crippen LogP contribution is 2.17.